The van der Waals surface area contributed by atoms with Gasteiger partial charge in [0.1, 0.15) is 11.4 Å². The molecule has 0 spiro atoms. The van der Waals surface area contributed by atoms with Crippen LogP contribution in [0.1, 0.15) is 10.4 Å². The summed E-state index contributed by atoms with van der Waals surface area (Å²) in [7, 11) is 1.82. The first-order valence-electron chi connectivity index (χ1n) is 4.35. The van der Waals surface area contributed by atoms with Gasteiger partial charge in [0, 0.05) is 19.6 Å². The Balaban J connectivity index is 2.46. The quantitative estimate of drug-likeness (QED) is 0.624. The van der Waals surface area contributed by atoms with Crippen molar-refractivity contribution in [3.63, 3.8) is 0 Å². The maximum Gasteiger partial charge on any atom is 0.341 e. The average Bonchev–Trinajstić information content (AvgIpc) is 2.47. The minimum Gasteiger partial charge on any atom is -0.477 e. The number of hydrogen-bond donors (Lipinski definition) is 2. The van der Waals surface area contributed by atoms with Crippen LogP contribution in [0.4, 0.5) is 5.82 Å². The topological polar surface area (TPSA) is 84.4 Å². The molecule has 2 rings (SSSR count). The molecule has 0 bridgehead atoms. The average molecular weight is 196 g/mol. The minimum atomic E-state index is -0.950. The number of carbonyl (C=O) groups is 1. The lowest BCUT2D eigenvalue weighted by Gasteiger charge is -2.30. The smallest absolute Gasteiger partial charge is 0.341 e. The fraction of sp³-hybridized carbons (Fsp3) is 0.500. The molecule has 0 saturated carbocycles. The molecule has 0 aromatic carbocycles. The zero-order valence-corrected chi connectivity index (χ0v) is 7.84. The van der Waals surface area contributed by atoms with Crippen molar-refractivity contribution in [2.45, 2.75) is 12.6 Å². The first kappa shape index (κ1) is 9.01. The van der Waals surface area contributed by atoms with E-state index in [1.165, 1.54) is 6.20 Å². The van der Waals surface area contributed by atoms with E-state index in [2.05, 4.69) is 5.10 Å². The molecule has 1 atom stereocenters. The highest BCUT2D eigenvalue weighted by molar-refractivity contribution is 5.93. The molecule has 1 aromatic rings. The Kier molecular flexibility index (Phi) is 1.92. The Labute approximate surface area is 80.9 Å². The van der Waals surface area contributed by atoms with Crippen LogP contribution in [-0.2, 0) is 6.54 Å². The van der Waals surface area contributed by atoms with Crippen LogP contribution in [0.3, 0.4) is 0 Å². The number of aromatic carboxylic acids is 1. The monoisotopic (exact) mass is 196 g/mol. The maximum atomic E-state index is 10.8. The van der Waals surface area contributed by atoms with Crippen LogP contribution in [0.5, 0.6) is 0 Å². The fourth-order valence-corrected chi connectivity index (χ4v) is 1.78. The van der Waals surface area contributed by atoms with Crippen LogP contribution in [0.15, 0.2) is 6.20 Å². The summed E-state index contributed by atoms with van der Waals surface area (Å²) < 4.78 is 1.64. The van der Waals surface area contributed by atoms with E-state index in [9.17, 15) is 4.79 Å². The summed E-state index contributed by atoms with van der Waals surface area (Å²) in [6.45, 7) is 1.24. The van der Waals surface area contributed by atoms with Gasteiger partial charge in [0.15, 0.2) is 0 Å². The molecule has 1 aliphatic heterocycles. The third-order valence-electron chi connectivity index (χ3n) is 2.32. The predicted octanol–water partition coefficient (Wildman–Crippen LogP) is -0.642. The minimum absolute atomic E-state index is 0.00837. The first-order valence-corrected chi connectivity index (χ1v) is 4.35. The highest BCUT2D eigenvalue weighted by atomic mass is 16.4. The molecule has 1 aliphatic rings. The first-order chi connectivity index (χ1) is 6.59. The molecular formula is C8H12N4O2. The number of anilines is 1. The standard InChI is InChI=1S/C8H12N4O2/c1-11-3-5(9)4-12-7(11)6(2-10-12)8(13)14/h2,5H,3-4,9H2,1H3,(H,13,14). The summed E-state index contributed by atoms with van der Waals surface area (Å²) in [4.78, 5) is 12.7. The fourth-order valence-electron chi connectivity index (χ4n) is 1.78. The van der Waals surface area contributed by atoms with E-state index in [4.69, 9.17) is 10.8 Å². The van der Waals surface area contributed by atoms with Gasteiger partial charge in [-0.2, -0.15) is 5.10 Å². The van der Waals surface area contributed by atoms with Crippen molar-refractivity contribution < 1.29 is 9.90 Å². The molecule has 0 saturated heterocycles. The third kappa shape index (κ3) is 1.24. The van der Waals surface area contributed by atoms with Crippen molar-refractivity contribution >= 4 is 11.8 Å². The van der Waals surface area contributed by atoms with Gasteiger partial charge >= 0.3 is 5.97 Å². The number of carboxylic acids is 1. The summed E-state index contributed by atoms with van der Waals surface area (Å²) in [6, 6.07) is 0.00837. The van der Waals surface area contributed by atoms with Gasteiger partial charge in [0.2, 0.25) is 0 Å². The zero-order valence-electron chi connectivity index (χ0n) is 7.84. The number of aromatic nitrogens is 2. The van der Waals surface area contributed by atoms with E-state index < -0.39 is 5.97 Å². The van der Waals surface area contributed by atoms with Crippen molar-refractivity contribution in [1.82, 2.24) is 9.78 Å². The van der Waals surface area contributed by atoms with Gasteiger partial charge in [0.25, 0.3) is 0 Å². The third-order valence-corrected chi connectivity index (χ3v) is 2.32. The number of likely N-dealkylation sites (N-methyl/N-ethyl adjacent to an activating group) is 1. The molecule has 0 amide bonds. The molecule has 0 fully saturated rings. The van der Waals surface area contributed by atoms with E-state index in [-0.39, 0.29) is 11.6 Å². The summed E-state index contributed by atoms with van der Waals surface area (Å²) in [5.74, 6) is -0.312. The Hall–Kier alpha value is -1.56. The Morgan fingerprint density at radius 1 is 1.71 bits per heavy atom. The predicted molar refractivity (Wildman–Crippen MR) is 50.4 cm³/mol. The van der Waals surface area contributed by atoms with Crippen LogP contribution in [0.2, 0.25) is 0 Å². The van der Waals surface area contributed by atoms with Gasteiger partial charge in [0.05, 0.1) is 12.7 Å². The summed E-state index contributed by atoms with van der Waals surface area (Å²) >= 11 is 0. The van der Waals surface area contributed by atoms with E-state index in [1.54, 1.807) is 4.68 Å². The number of carboxylic acid groups (broad SMARTS) is 1. The molecule has 2 heterocycles. The normalized spacial score (nSPS) is 20.7. The lowest BCUT2D eigenvalue weighted by atomic mass is 10.2. The zero-order chi connectivity index (χ0) is 10.3. The molecule has 6 heteroatoms. The van der Waals surface area contributed by atoms with Crippen molar-refractivity contribution in [3.8, 4) is 0 Å². The molecule has 3 N–H and O–H groups in total. The van der Waals surface area contributed by atoms with E-state index in [0.29, 0.717) is 18.9 Å². The Morgan fingerprint density at radius 3 is 3.07 bits per heavy atom. The molecule has 1 unspecified atom stereocenters. The van der Waals surface area contributed by atoms with Gasteiger partial charge < -0.3 is 15.7 Å². The van der Waals surface area contributed by atoms with Gasteiger partial charge in [-0.25, -0.2) is 9.48 Å². The molecule has 14 heavy (non-hydrogen) atoms. The highest BCUT2D eigenvalue weighted by Crippen LogP contribution is 2.22. The van der Waals surface area contributed by atoms with Gasteiger partial charge in [-0.3, -0.25) is 0 Å². The van der Waals surface area contributed by atoms with Crippen LogP contribution >= 0.6 is 0 Å². The molecule has 1 aromatic heterocycles. The van der Waals surface area contributed by atoms with Gasteiger partial charge in [-0.1, -0.05) is 0 Å². The number of nitrogens with two attached hydrogens (primary N) is 1. The van der Waals surface area contributed by atoms with Crippen LogP contribution in [-0.4, -0.2) is 40.5 Å². The van der Waals surface area contributed by atoms with E-state index >= 15 is 0 Å². The summed E-state index contributed by atoms with van der Waals surface area (Å²) in [5.41, 5.74) is 6.01. The van der Waals surface area contributed by atoms with E-state index in [1.807, 2.05) is 11.9 Å². The number of rotatable bonds is 1. The van der Waals surface area contributed by atoms with Crippen molar-refractivity contribution in [1.29, 1.82) is 0 Å². The summed E-state index contributed by atoms with van der Waals surface area (Å²) in [5, 5.41) is 12.9. The SMILES string of the molecule is CN1CC(N)Cn2ncc(C(=O)O)c21. The second-order valence-corrected chi connectivity index (χ2v) is 3.51. The highest BCUT2D eigenvalue weighted by Gasteiger charge is 2.26. The second kappa shape index (κ2) is 2.98. The largest absolute Gasteiger partial charge is 0.477 e. The number of fused-ring (bicyclic) bond motifs is 1. The van der Waals surface area contributed by atoms with E-state index in [0.717, 1.165) is 0 Å². The second-order valence-electron chi connectivity index (χ2n) is 3.51. The lowest BCUT2D eigenvalue weighted by molar-refractivity contribution is 0.0697. The molecule has 6 nitrogen and oxygen atoms in total. The molecule has 76 valence electrons. The molecule has 0 aliphatic carbocycles. The molecule has 0 radical (unpaired) electrons. The van der Waals surface area contributed by atoms with Gasteiger partial charge in [-0.15, -0.1) is 0 Å². The number of hydrogen-bond acceptors (Lipinski definition) is 4. The Morgan fingerprint density at radius 2 is 2.43 bits per heavy atom. The van der Waals surface area contributed by atoms with Crippen molar-refractivity contribution in [3.05, 3.63) is 11.8 Å². The van der Waals surface area contributed by atoms with Crippen LogP contribution < -0.4 is 10.6 Å². The maximum absolute atomic E-state index is 10.8. The Bertz CT molecular complexity index is 373. The van der Waals surface area contributed by atoms with Crippen LogP contribution in [0, 0.1) is 0 Å². The lowest BCUT2D eigenvalue weighted by Crippen LogP contribution is -2.44. The molecular weight excluding hydrogens is 184 g/mol. The van der Waals surface area contributed by atoms with Crippen molar-refractivity contribution in [2.24, 2.45) is 5.73 Å². The van der Waals surface area contributed by atoms with Crippen molar-refractivity contribution in [2.75, 3.05) is 18.5 Å². The van der Waals surface area contributed by atoms with Gasteiger partial charge in [-0.05, 0) is 0 Å². The van der Waals surface area contributed by atoms with Crippen LogP contribution in [0.25, 0.3) is 0 Å². The number of nitrogens with zero attached hydrogens (tertiary/aromatic N) is 3. The summed E-state index contributed by atoms with van der Waals surface area (Å²) in [6.07, 6.45) is 1.37.